The average Bonchev–Trinajstić information content (AvgIpc) is 3.03. The van der Waals surface area contributed by atoms with E-state index in [0.29, 0.717) is 51.1 Å². The third kappa shape index (κ3) is 5.98. The van der Waals surface area contributed by atoms with Gasteiger partial charge in [-0.05, 0) is 72.1 Å². The fraction of sp³-hybridized carbons (Fsp3) is 0.114. The fourth-order valence-electron chi connectivity index (χ4n) is 5.27. The molecule has 0 fully saturated rings. The third-order valence-corrected chi connectivity index (χ3v) is 8.29. The van der Waals surface area contributed by atoms with E-state index >= 15 is 0 Å². The Balaban J connectivity index is 1.47. The molecule has 214 valence electrons. The summed E-state index contributed by atoms with van der Waals surface area (Å²) >= 11 is 12.3. The Kier molecular flexibility index (Phi) is 8.14. The minimum Gasteiger partial charge on any atom is -0.314 e. The fourth-order valence-corrected chi connectivity index (χ4v) is 5.57. The van der Waals surface area contributed by atoms with Crippen LogP contribution in [0.3, 0.4) is 0 Å². The van der Waals surface area contributed by atoms with Crippen molar-refractivity contribution < 1.29 is 4.79 Å². The van der Waals surface area contributed by atoms with Crippen LogP contribution in [0.1, 0.15) is 24.4 Å². The van der Waals surface area contributed by atoms with E-state index in [9.17, 15) is 9.59 Å². The molecule has 0 spiro atoms. The number of carbonyl (C=O) groups excluding carboxylic acids is 1. The third-order valence-electron chi connectivity index (χ3n) is 7.55. The van der Waals surface area contributed by atoms with Gasteiger partial charge in [-0.3, -0.25) is 9.36 Å². The number of anilines is 1. The molecule has 8 heteroatoms. The summed E-state index contributed by atoms with van der Waals surface area (Å²) in [7, 11) is 0. The van der Waals surface area contributed by atoms with Crippen molar-refractivity contribution in [2.75, 3.05) is 11.9 Å². The SMILES string of the molecule is CC(c1nc2ccccc2c(=O)n1-c1ccc2ccccc2c1)N(CCc1ccccc1)C(=O)Nc1ccc(Cl)c(Cl)c1. The zero-order valence-electron chi connectivity index (χ0n) is 23.4. The van der Waals surface area contributed by atoms with Crippen LogP contribution in [-0.4, -0.2) is 27.0 Å². The van der Waals surface area contributed by atoms with Gasteiger partial charge in [0.1, 0.15) is 5.82 Å². The number of urea groups is 1. The van der Waals surface area contributed by atoms with E-state index in [2.05, 4.69) is 5.32 Å². The lowest BCUT2D eigenvalue weighted by Gasteiger charge is -2.31. The first-order valence-corrected chi connectivity index (χ1v) is 14.7. The molecule has 0 saturated heterocycles. The standard InChI is InChI=1S/C35H28Cl2N4O2/c1-23(40(20-19-24-9-3-2-4-10-24)35(43)38-27-16-18-30(36)31(37)22-27)33-39-32-14-8-7-13-29(32)34(42)41(33)28-17-15-25-11-5-6-12-26(25)21-28/h2-18,21-23H,19-20H2,1H3,(H,38,43). The molecule has 2 amide bonds. The predicted molar refractivity (Wildman–Crippen MR) is 176 cm³/mol. The van der Waals surface area contributed by atoms with Gasteiger partial charge < -0.3 is 10.2 Å². The molecule has 0 radical (unpaired) electrons. The Labute approximate surface area is 259 Å². The number of para-hydroxylation sites is 1. The lowest BCUT2D eigenvalue weighted by atomic mass is 10.1. The topological polar surface area (TPSA) is 67.2 Å². The van der Waals surface area contributed by atoms with Gasteiger partial charge in [0.15, 0.2) is 0 Å². The monoisotopic (exact) mass is 606 g/mol. The minimum absolute atomic E-state index is 0.198. The summed E-state index contributed by atoms with van der Waals surface area (Å²) in [4.78, 5) is 34.7. The highest BCUT2D eigenvalue weighted by Crippen LogP contribution is 2.28. The number of nitrogens with one attached hydrogen (secondary N) is 1. The average molecular weight is 608 g/mol. The zero-order valence-corrected chi connectivity index (χ0v) is 24.9. The first kappa shape index (κ1) is 28.5. The summed E-state index contributed by atoms with van der Waals surface area (Å²) < 4.78 is 1.63. The molecule has 1 N–H and O–H groups in total. The summed E-state index contributed by atoms with van der Waals surface area (Å²) in [6, 6.07) is 35.1. The normalized spacial score (nSPS) is 11.9. The number of benzene rings is 5. The summed E-state index contributed by atoms with van der Waals surface area (Å²) in [6.07, 6.45) is 0.605. The van der Waals surface area contributed by atoms with Crippen LogP contribution in [0.4, 0.5) is 10.5 Å². The van der Waals surface area contributed by atoms with Crippen LogP contribution in [0.5, 0.6) is 0 Å². The number of rotatable bonds is 7. The number of fused-ring (bicyclic) bond motifs is 2. The van der Waals surface area contributed by atoms with Crippen LogP contribution in [0.15, 0.2) is 120 Å². The van der Waals surface area contributed by atoms with Crippen LogP contribution in [-0.2, 0) is 6.42 Å². The first-order valence-electron chi connectivity index (χ1n) is 14.0. The van der Waals surface area contributed by atoms with Crippen molar-refractivity contribution in [1.29, 1.82) is 0 Å². The zero-order chi connectivity index (χ0) is 29.9. The summed E-state index contributed by atoms with van der Waals surface area (Å²) in [5.74, 6) is 0.455. The summed E-state index contributed by atoms with van der Waals surface area (Å²) in [5.41, 5.74) is 2.64. The van der Waals surface area contributed by atoms with Gasteiger partial charge in [0.2, 0.25) is 0 Å². The molecular formula is C35H28Cl2N4O2. The molecule has 1 unspecified atom stereocenters. The Bertz CT molecular complexity index is 2010. The first-order chi connectivity index (χ1) is 20.9. The second-order valence-corrected chi connectivity index (χ2v) is 11.1. The smallest absolute Gasteiger partial charge is 0.314 e. The predicted octanol–water partition coefficient (Wildman–Crippen LogP) is 8.68. The van der Waals surface area contributed by atoms with Crippen LogP contribution < -0.4 is 10.9 Å². The molecule has 6 aromatic rings. The lowest BCUT2D eigenvalue weighted by Crippen LogP contribution is -2.41. The highest BCUT2D eigenvalue weighted by molar-refractivity contribution is 6.42. The van der Waals surface area contributed by atoms with Gasteiger partial charge in [-0.1, -0.05) is 96.0 Å². The molecule has 43 heavy (non-hydrogen) atoms. The lowest BCUT2D eigenvalue weighted by molar-refractivity contribution is 0.190. The Hall–Kier alpha value is -4.65. The van der Waals surface area contributed by atoms with Crippen molar-refractivity contribution in [2.45, 2.75) is 19.4 Å². The maximum Gasteiger partial charge on any atom is 0.322 e. The highest BCUT2D eigenvalue weighted by Gasteiger charge is 2.27. The molecular weight excluding hydrogens is 579 g/mol. The molecule has 0 aliphatic rings. The largest absolute Gasteiger partial charge is 0.322 e. The summed E-state index contributed by atoms with van der Waals surface area (Å²) in [5, 5.41) is 6.26. The van der Waals surface area contributed by atoms with Gasteiger partial charge >= 0.3 is 6.03 Å². The van der Waals surface area contributed by atoms with Crippen molar-refractivity contribution in [1.82, 2.24) is 14.5 Å². The summed E-state index contributed by atoms with van der Waals surface area (Å²) in [6.45, 7) is 2.27. The number of hydrogen-bond acceptors (Lipinski definition) is 3. The van der Waals surface area contributed by atoms with Crippen LogP contribution in [0.25, 0.3) is 27.4 Å². The van der Waals surface area contributed by atoms with Crippen molar-refractivity contribution in [2.24, 2.45) is 0 Å². The number of nitrogens with zero attached hydrogens (tertiary/aromatic N) is 3. The molecule has 6 nitrogen and oxygen atoms in total. The molecule has 0 aliphatic heterocycles. The van der Waals surface area contributed by atoms with Crippen LogP contribution in [0.2, 0.25) is 10.0 Å². The molecule has 5 aromatic carbocycles. The minimum atomic E-state index is -0.588. The number of aromatic nitrogens is 2. The Morgan fingerprint density at radius 1 is 0.837 bits per heavy atom. The molecule has 1 aromatic heterocycles. The van der Waals surface area contributed by atoms with Crippen molar-refractivity contribution in [3.63, 3.8) is 0 Å². The Morgan fingerprint density at radius 2 is 1.56 bits per heavy atom. The molecule has 6 rings (SSSR count). The van der Waals surface area contributed by atoms with Gasteiger partial charge in [-0.25, -0.2) is 9.78 Å². The van der Waals surface area contributed by atoms with Gasteiger partial charge in [-0.15, -0.1) is 0 Å². The second-order valence-electron chi connectivity index (χ2n) is 10.3. The van der Waals surface area contributed by atoms with Gasteiger partial charge in [0.05, 0.1) is 32.7 Å². The molecule has 0 saturated carbocycles. The van der Waals surface area contributed by atoms with Crippen molar-refractivity contribution in [3.8, 4) is 5.69 Å². The number of carbonyl (C=O) groups is 1. The van der Waals surface area contributed by atoms with E-state index in [4.69, 9.17) is 28.2 Å². The number of halogens is 2. The van der Waals surface area contributed by atoms with Crippen LogP contribution >= 0.6 is 23.2 Å². The van der Waals surface area contributed by atoms with E-state index in [1.165, 1.54) is 0 Å². The second kappa shape index (κ2) is 12.3. The van der Waals surface area contributed by atoms with Crippen LogP contribution in [0, 0.1) is 0 Å². The van der Waals surface area contributed by atoms with Gasteiger partial charge in [-0.2, -0.15) is 0 Å². The number of amides is 2. The van der Waals surface area contributed by atoms with Gasteiger partial charge in [0.25, 0.3) is 5.56 Å². The molecule has 0 aliphatic carbocycles. The molecule has 0 bridgehead atoms. The Morgan fingerprint density at radius 3 is 2.35 bits per heavy atom. The van der Waals surface area contributed by atoms with E-state index in [-0.39, 0.29) is 11.6 Å². The molecule has 1 heterocycles. The van der Waals surface area contributed by atoms with Crippen molar-refractivity contribution in [3.05, 3.63) is 147 Å². The van der Waals surface area contributed by atoms with E-state index in [0.717, 1.165) is 16.3 Å². The molecule has 1 atom stereocenters. The van der Waals surface area contributed by atoms with E-state index < -0.39 is 6.04 Å². The quantitative estimate of drug-likeness (QED) is 0.198. The highest BCUT2D eigenvalue weighted by atomic mass is 35.5. The van der Waals surface area contributed by atoms with E-state index in [1.54, 1.807) is 33.7 Å². The van der Waals surface area contributed by atoms with Gasteiger partial charge in [0, 0.05) is 12.2 Å². The maximum absolute atomic E-state index is 14.1. The maximum atomic E-state index is 14.1. The number of hydrogen-bond donors (Lipinski definition) is 1. The van der Waals surface area contributed by atoms with E-state index in [1.807, 2.05) is 97.9 Å². The van der Waals surface area contributed by atoms with Crippen molar-refractivity contribution >= 4 is 56.6 Å².